The molecule has 1 heterocycles. The minimum absolute atomic E-state index is 0.0903. The first kappa shape index (κ1) is 10.5. The minimum Gasteiger partial charge on any atom is -0.476 e. The van der Waals surface area contributed by atoms with Gasteiger partial charge in [0.25, 0.3) is 0 Å². The maximum atomic E-state index is 10.7. The van der Waals surface area contributed by atoms with Gasteiger partial charge in [-0.2, -0.15) is 5.10 Å². The predicted molar refractivity (Wildman–Crippen MR) is 59.9 cm³/mol. The number of aromatic nitrogens is 2. The van der Waals surface area contributed by atoms with E-state index in [-0.39, 0.29) is 11.5 Å². The highest BCUT2D eigenvalue weighted by Gasteiger charge is 2.11. The summed E-state index contributed by atoms with van der Waals surface area (Å²) in [5.74, 6) is -0.848. The van der Waals surface area contributed by atoms with Crippen LogP contribution in [-0.4, -0.2) is 20.9 Å². The molecule has 0 saturated heterocycles. The number of carboxylic acids is 1. The summed E-state index contributed by atoms with van der Waals surface area (Å²) in [6, 6.07) is 8.07. The first-order valence-electron chi connectivity index (χ1n) is 4.42. The van der Waals surface area contributed by atoms with Crippen molar-refractivity contribution in [1.29, 1.82) is 0 Å². The number of nitrogens with zero attached hydrogens (tertiary/aromatic N) is 2. The van der Waals surface area contributed by atoms with Crippen molar-refractivity contribution in [2.75, 3.05) is 5.73 Å². The van der Waals surface area contributed by atoms with Gasteiger partial charge in [0, 0.05) is 11.1 Å². The van der Waals surface area contributed by atoms with Crippen LogP contribution in [0, 0.1) is 0 Å². The van der Waals surface area contributed by atoms with Crippen LogP contribution in [0.5, 0.6) is 0 Å². The van der Waals surface area contributed by atoms with E-state index in [1.54, 1.807) is 24.3 Å². The van der Waals surface area contributed by atoms with Crippen molar-refractivity contribution in [3.8, 4) is 5.69 Å². The summed E-state index contributed by atoms with van der Waals surface area (Å²) in [7, 11) is 0. The smallest absolute Gasteiger partial charge is 0.356 e. The maximum absolute atomic E-state index is 10.7. The summed E-state index contributed by atoms with van der Waals surface area (Å²) in [6.07, 6.45) is 0. The van der Waals surface area contributed by atoms with Crippen LogP contribution in [0.1, 0.15) is 10.5 Å². The van der Waals surface area contributed by atoms with Gasteiger partial charge in [-0.1, -0.05) is 11.6 Å². The van der Waals surface area contributed by atoms with E-state index < -0.39 is 5.97 Å². The molecule has 0 saturated carbocycles. The number of benzene rings is 1. The monoisotopic (exact) mass is 237 g/mol. The molecule has 0 amide bonds. The van der Waals surface area contributed by atoms with Gasteiger partial charge >= 0.3 is 5.97 Å². The molecule has 0 atom stereocenters. The Bertz CT molecular complexity index is 533. The highest BCUT2D eigenvalue weighted by Crippen LogP contribution is 2.17. The molecule has 0 radical (unpaired) electrons. The molecule has 0 bridgehead atoms. The summed E-state index contributed by atoms with van der Waals surface area (Å²) < 4.78 is 1.35. The molecule has 0 aliphatic carbocycles. The average Bonchev–Trinajstić information content (AvgIpc) is 2.62. The molecular weight excluding hydrogens is 230 g/mol. The number of carboxylic acid groups (broad SMARTS) is 1. The van der Waals surface area contributed by atoms with Crippen molar-refractivity contribution < 1.29 is 9.90 Å². The highest BCUT2D eigenvalue weighted by molar-refractivity contribution is 6.30. The number of carbonyl (C=O) groups is 1. The summed E-state index contributed by atoms with van der Waals surface area (Å²) in [5.41, 5.74) is 6.22. The fraction of sp³-hybridized carbons (Fsp3) is 0. The van der Waals surface area contributed by atoms with E-state index in [1.807, 2.05) is 0 Å². The number of aromatic carboxylic acids is 1. The van der Waals surface area contributed by atoms with Crippen molar-refractivity contribution in [3.05, 3.63) is 41.0 Å². The summed E-state index contributed by atoms with van der Waals surface area (Å²) in [6.45, 7) is 0. The molecule has 0 aliphatic heterocycles. The van der Waals surface area contributed by atoms with Crippen LogP contribution in [0.2, 0.25) is 5.02 Å². The normalized spacial score (nSPS) is 10.3. The molecule has 3 N–H and O–H groups in total. The molecule has 0 aliphatic rings. The Hall–Kier alpha value is -2.01. The Morgan fingerprint density at radius 3 is 2.50 bits per heavy atom. The number of hydrogen-bond donors (Lipinski definition) is 2. The molecule has 2 aromatic rings. The molecular formula is C10H8ClN3O2. The Kier molecular flexibility index (Phi) is 2.54. The van der Waals surface area contributed by atoms with Crippen LogP contribution < -0.4 is 5.73 Å². The van der Waals surface area contributed by atoms with Gasteiger partial charge in [0.2, 0.25) is 0 Å². The molecule has 0 fully saturated rings. The van der Waals surface area contributed by atoms with E-state index in [1.165, 1.54) is 10.7 Å². The number of halogens is 1. The number of nitrogen functional groups attached to an aromatic ring is 1. The zero-order valence-electron chi connectivity index (χ0n) is 8.09. The molecule has 16 heavy (non-hydrogen) atoms. The lowest BCUT2D eigenvalue weighted by molar-refractivity contribution is 0.0690. The van der Waals surface area contributed by atoms with Crippen molar-refractivity contribution in [1.82, 2.24) is 9.78 Å². The van der Waals surface area contributed by atoms with Gasteiger partial charge in [0.15, 0.2) is 5.69 Å². The zero-order valence-corrected chi connectivity index (χ0v) is 8.85. The van der Waals surface area contributed by atoms with E-state index >= 15 is 0 Å². The largest absolute Gasteiger partial charge is 0.476 e. The van der Waals surface area contributed by atoms with E-state index in [0.717, 1.165) is 0 Å². The van der Waals surface area contributed by atoms with Crippen molar-refractivity contribution in [2.45, 2.75) is 0 Å². The molecule has 5 nitrogen and oxygen atoms in total. The van der Waals surface area contributed by atoms with Crippen LogP contribution >= 0.6 is 11.6 Å². The Morgan fingerprint density at radius 2 is 2.00 bits per heavy atom. The third-order valence-corrected chi connectivity index (χ3v) is 2.28. The predicted octanol–water partition coefficient (Wildman–Crippen LogP) is 1.81. The lowest BCUT2D eigenvalue weighted by Crippen LogP contribution is -2.03. The number of nitrogens with two attached hydrogens (primary N) is 1. The van der Waals surface area contributed by atoms with Crippen LogP contribution in [0.3, 0.4) is 0 Å². The topological polar surface area (TPSA) is 81.1 Å². The number of rotatable bonds is 2. The van der Waals surface area contributed by atoms with Crippen LogP contribution in [-0.2, 0) is 0 Å². The molecule has 82 valence electrons. The zero-order chi connectivity index (χ0) is 11.7. The Labute approximate surface area is 96.1 Å². The van der Waals surface area contributed by atoms with Crippen molar-refractivity contribution in [3.63, 3.8) is 0 Å². The number of hydrogen-bond acceptors (Lipinski definition) is 3. The summed E-state index contributed by atoms with van der Waals surface area (Å²) in [5, 5.41) is 13.2. The van der Waals surface area contributed by atoms with Crippen LogP contribution in [0.25, 0.3) is 5.69 Å². The third-order valence-electron chi connectivity index (χ3n) is 2.03. The highest BCUT2D eigenvalue weighted by atomic mass is 35.5. The molecule has 6 heteroatoms. The van der Waals surface area contributed by atoms with Gasteiger partial charge in [-0.15, -0.1) is 0 Å². The maximum Gasteiger partial charge on any atom is 0.356 e. The van der Waals surface area contributed by atoms with Gasteiger partial charge in [-0.05, 0) is 24.3 Å². The Morgan fingerprint density at radius 1 is 1.38 bits per heavy atom. The van der Waals surface area contributed by atoms with Crippen molar-refractivity contribution in [2.24, 2.45) is 0 Å². The fourth-order valence-electron chi connectivity index (χ4n) is 1.29. The molecule has 0 spiro atoms. The first-order chi connectivity index (χ1) is 7.58. The fourth-order valence-corrected chi connectivity index (χ4v) is 1.42. The number of anilines is 1. The SMILES string of the molecule is Nc1cc(C(=O)O)nn1-c1ccc(Cl)cc1. The van der Waals surface area contributed by atoms with Gasteiger partial charge in [-0.3, -0.25) is 0 Å². The van der Waals surface area contributed by atoms with Gasteiger partial charge in [-0.25, -0.2) is 9.48 Å². The standard InChI is InChI=1S/C10H8ClN3O2/c11-6-1-3-7(4-2-6)14-9(12)5-8(13-14)10(15)16/h1-5H,12H2,(H,15,16). The van der Waals surface area contributed by atoms with E-state index in [4.69, 9.17) is 22.4 Å². The molecule has 1 aromatic heterocycles. The van der Waals surface area contributed by atoms with Gasteiger partial charge in [0.05, 0.1) is 5.69 Å². The average molecular weight is 238 g/mol. The van der Waals surface area contributed by atoms with Gasteiger partial charge < -0.3 is 10.8 Å². The first-order valence-corrected chi connectivity index (χ1v) is 4.80. The third kappa shape index (κ3) is 1.85. The quantitative estimate of drug-likeness (QED) is 0.835. The van der Waals surface area contributed by atoms with E-state index in [9.17, 15) is 4.79 Å². The van der Waals surface area contributed by atoms with E-state index in [0.29, 0.717) is 10.7 Å². The second-order valence-corrected chi connectivity index (χ2v) is 3.58. The molecule has 1 aromatic carbocycles. The molecule has 0 unspecified atom stereocenters. The van der Waals surface area contributed by atoms with Crippen LogP contribution in [0.4, 0.5) is 5.82 Å². The molecule has 2 rings (SSSR count). The lowest BCUT2D eigenvalue weighted by atomic mass is 10.3. The van der Waals surface area contributed by atoms with Gasteiger partial charge in [0.1, 0.15) is 5.82 Å². The minimum atomic E-state index is -1.11. The second-order valence-electron chi connectivity index (χ2n) is 3.15. The second kappa shape index (κ2) is 3.86. The van der Waals surface area contributed by atoms with Crippen molar-refractivity contribution >= 4 is 23.4 Å². The summed E-state index contributed by atoms with van der Waals surface area (Å²) >= 11 is 5.74. The van der Waals surface area contributed by atoms with Crippen LogP contribution in [0.15, 0.2) is 30.3 Å². The lowest BCUT2D eigenvalue weighted by Gasteiger charge is -2.02. The van der Waals surface area contributed by atoms with E-state index in [2.05, 4.69) is 5.10 Å². The Balaban J connectivity index is 2.47. The summed E-state index contributed by atoms with van der Waals surface area (Å²) in [4.78, 5) is 10.7.